The molecule has 0 unspecified atom stereocenters. The Bertz CT molecular complexity index is 566. The van der Waals surface area contributed by atoms with Crippen molar-refractivity contribution in [2.45, 2.75) is 33.2 Å². The molecule has 0 amide bonds. The molecule has 21 heavy (non-hydrogen) atoms. The van der Waals surface area contributed by atoms with Crippen LogP contribution in [0, 0.1) is 6.92 Å². The molecule has 0 saturated carbocycles. The number of nitrogens with two attached hydrogens (primary N) is 1. The number of aromatic nitrogens is 1. The lowest BCUT2D eigenvalue weighted by Gasteiger charge is -2.20. The lowest BCUT2D eigenvalue weighted by atomic mass is 10.1. The van der Waals surface area contributed by atoms with Crippen LogP contribution in [0.15, 0.2) is 42.5 Å². The smallest absolute Gasteiger partial charge is 0.0547 e. The van der Waals surface area contributed by atoms with Gasteiger partial charge in [-0.2, -0.15) is 0 Å². The van der Waals surface area contributed by atoms with Crippen LogP contribution in [0.4, 0.5) is 5.69 Å². The second kappa shape index (κ2) is 7.79. The first kappa shape index (κ1) is 15.5. The average Bonchev–Trinajstić information content (AvgIpc) is 2.48. The van der Waals surface area contributed by atoms with Gasteiger partial charge in [-0.25, -0.2) is 0 Å². The lowest BCUT2D eigenvalue weighted by molar-refractivity contribution is 0.273. The van der Waals surface area contributed by atoms with E-state index in [1.165, 1.54) is 5.56 Å². The van der Waals surface area contributed by atoms with Crippen molar-refractivity contribution in [1.82, 2.24) is 9.88 Å². The summed E-state index contributed by atoms with van der Waals surface area (Å²) in [5, 5.41) is 0. The van der Waals surface area contributed by atoms with Crippen LogP contribution in [-0.4, -0.2) is 23.0 Å². The molecule has 0 saturated heterocycles. The molecule has 0 aliphatic carbocycles. The zero-order valence-electron chi connectivity index (χ0n) is 13.0. The highest BCUT2D eigenvalue weighted by Crippen LogP contribution is 2.13. The maximum atomic E-state index is 5.99. The molecule has 0 aliphatic rings. The Morgan fingerprint density at radius 3 is 2.62 bits per heavy atom. The number of aryl methyl sites for hydroxylation is 2. The van der Waals surface area contributed by atoms with Gasteiger partial charge in [0.15, 0.2) is 0 Å². The van der Waals surface area contributed by atoms with Gasteiger partial charge in [0.1, 0.15) is 0 Å². The molecule has 112 valence electrons. The van der Waals surface area contributed by atoms with Crippen molar-refractivity contribution in [2.24, 2.45) is 0 Å². The number of hydrogen-bond acceptors (Lipinski definition) is 3. The van der Waals surface area contributed by atoms with Gasteiger partial charge in [0.2, 0.25) is 0 Å². The summed E-state index contributed by atoms with van der Waals surface area (Å²) in [6.07, 6.45) is 2.15. The first-order valence-corrected chi connectivity index (χ1v) is 7.67. The quantitative estimate of drug-likeness (QED) is 0.792. The minimum atomic E-state index is 0.904. The van der Waals surface area contributed by atoms with Gasteiger partial charge in [-0.3, -0.25) is 9.88 Å². The lowest BCUT2D eigenvalue weighted by Crippen LogP contribution is -2.25. The average molecular weight is 283 g/mol. The van der Waals surface area contributed by atoms with Gasteiger partial charge < -0.3 is 5.73 Å². The molecule has 2 aromatic rings. The van der Waals surface area contributed by atoms with E-state index in [9.17, 15) is 0 Å². The van der Waals surface area contributed by atoms with Crippen LogP contribution >= 0.6 is 0 Å². The first-order valence-electron chi connectivity index (χ1n) is 7.67. The zero-order chi connectivity index (χ0) is 15.1. The van der Waals surface area contributed by atoms with Crippen molar-refractivity contribution in [3.05, 3.63) is 59.4 Å². The van der Waals surface area contributed by atoms with Crippen molar-refractivity contribution in [2.75, 3.05) is 18.8 Å². The third-order valence-corrected chi connectivity index (χ3v) is 3.75. The minimum Gasteiger partial charge on any atom is -0.399 e. The molecular weight excluding hydrogens is 258 g/mol. The van der Waals surface area contributed by atoms with Crippen molar-refractivity contribution < 1.29 is 0 Å². The van der Waals surface area contributed by atoms with E-state index in [0.717, 1.165) is 49.6 Å². The third-order valence-electron chi connectivity index (χ3n) is 3.75. The van der Waals surface area contributed by atoms with Crippen LogP contribution in [0.3, 0.4) is 0 Å². The van der Waals surface area contributed by atoms with Crippen molar-refractivity contribution in [3.8, 4) is 0 Å². The van der Waals surface area contributed by atoms with Gasteiger partial charge in [0.25, 0.3) is 0 Å². The first-order chi connectivity index (χ1) is 10.2. The predicted octanol–water partition coefficient (Wildman–Crippen LogP) is 3.43. The summed E-state index contributed by atoms with van der Waals surface area (Å²) in [6, 6.07) is 14.4. The molecule has 0 spiro atoms. The van der Waals surface area contributed by atoms with E-state index in [2.05, 4.69) is 41.1 Å². The number of para-hydroxylation sites is 1. The normalized spacial score (nSPS) is 11.0. The molecule has 1 aromatic heterocycles. The highest BCUT2D eigenvalue weighted by Gasteiger charge is 2.06. The molecule has 1 aromatic carbocycles. The van der Waals surface area contributed by atoms with E-state index in [4.69, 9.17) is 5.73 Å². The molecule has 3 heteroatoms. The Morgan fingerprint density at radius 1 is 1.10 bits per heavy atom. The Kier molecular flexibility index (Phi) is 5.76. The highest BCUT2D eigenvalue weighted by atomic mass is 15.1. The fraction of sp³-hybridized carbons (Fsp3) is 0.389. The summed E-state index contributed by atoms with van der Waals surface area (Å²) >= 11 is 0. The molecule has 0 radical (unpaired) electrons. The summed E-state index contributed by atoms with van der Waals surface area (Å²) in [7, 11) is 0. The highest BCUT2D eigenvalue weighted by molar-refractivity contribution is 5.46. The van der Waals surface area contributed by atoms with E-state index >= 15 is 0 Å². The van der Waals surface area contributed by atoms with E-state index in [0.29, 0.717) is 0 Å². The van der Waals surface area contributed by atoms with E-state index in [1.807, 2.05) is 25.1 Å². The fourth-order valence-electron chi connectivity index (χ4n) is 2.52. The Hall–Kier alpha value is -1.87. The Morgan fingerprint density at radius 2 is 1.90 bits per heavy atom. The van der Waals surface area contributed by atoms with Crippen LogP contribution in [0.2, 0.25) is 0 Å². The van der Waals surface area contributed by atoms with Gasteiger partial charge in [-0.1, -0.05) is 31.2 Å². The molecular formula is C18H25N3. The SMILES string of the molecule is CCN(CCCc1ccccc1N)Cc1cccc(C)n1. The molecule has 0 fully saturated rings. The summed E-state index contributed by atoms with van der Waals surface area (Å²) in [5.74, 6) is 0. The number of benzene rings is 1. The number of nitrogens with zero attached hydrogens (tertiary/aromatic N) is 2. The molecule has 0 bridgehead atoms. The van der Waals surface area contributed by atoms with Crippen molar-refractivity contribution >= 4 is 5.69 Å². The van der Waals surface area contributed by atoms with Crippen LogP contribution in [0.1, 0.15) is 30.3 Å². The van der Waals surface area contributed by atoms with Gasteiger partial charge in [0.05, 0.1) is 5.69 Å². The monoisotopic (exact) mass is 283 g/mol. The van der Waals surface area contributed by atoms with Gasteiger partial charge >= 0.3 is 0 Å². The molecule has 1 heterocycles. The van der Waals surface area contributed by atoms with Crippen molar-refractivity contribution in [3.63, 3.8) is 0 Å². The van der Waals surface area contributed by atoms with Gasteiger partial charge in [-0.05, 0) is 56.6 Å². The molecule has 2 N–H and O–H groups in total. The number of hydrogen-bond donors (Lipinski definition) is 1. The predicted molar refractivity (Wildman–Crippen MR) is 89.1 cm³/mol. The number of rotatable bonds is 7. The van der Waals surface area contributed by atoms with E-state index < -0.39 is 0 Å². The number of pyridine rings is 1. The second-order valence-corrected chi connectivity index (χ2v) is 5.44. The summed E-state index contributed by atoms with van der Waals surface area (Å²) in [6.45, 7) is 7.27. The summed E-state index contributed by atoms with van der Waals surface area (Å²) < 4.78 is 0. The van der Waals surface area contributed by atoms with Crippen LogP contribution in [-0.2, 0) is 13.0 Å². The zero-order valence-corrected chi connectivity index (χ0v) is 13.0. The second-order valence-electron chi connectivity index (χ2n) is 5.44. The standard InChI is InChI=1S/C18H25N3/c1-3-21(14-17-11-6-8-15(2)20-17)13-7-10-16-9-4-5-12-18(16)19/h4-6,8-9,11-12H,3,7,10,13-14,19H2,1-2H3. The topological polar surface area (TPSA) is 42.1 Å². The van der Waals surface area contributed by atoms with Crippen LogP contribution in [0.25, 0.3) is 0 Å². The van der Waals surface area contributed by atoms with Gasteiger partial charge in [-0.15, -0.1) is 0 Å². The molecule has 0 atom stereocenters. The summed E-state index contributed by atoms with van der Waals surface area (Å²) in [4.78, 5) is 7.01. The van der Waals surface area contributed by atoms with Crippen LogP contribution < -0.4 is 5.73 Å². The Balaban J connectivity index is 1.84. The van der Waals surface area contributed by atoms with E-state index in [1.54, 1.807) is 0 Å². The third kappa shape index (κ3) is 4.87. The molecule has 3 nitrogen and oxygen atoms in total. The minimum absolute atomic E-state index is 0.904. The van der Waals surface area contributed by atoms with Crippen LogP contribution in [0.5, 0.6) is 0 Å². The maximum Gasteiger partial charge on any atom is 0.0547 e. The van der Waals surface area contributed by atoms with Crippen molar-refractivity contribution in [1.29, 1.82) is 0 Å². The van der Waals surface area contributed by atoms with Gasteiger partial charge in [0, 0.05) is 17.9 Å². The summed E-state index contributed by atoms with van der Waals surface area (Å²) in [5.41, 5.74) is 10.4. The molecule has 0 aliphatic heterocycles. The maximum absolute atomic E-state index is 5.99. The number of nitrogen functional groups attached to an aromatic ring is 1. The number of anilines is 1. The Labute approximate surface area is 127 Å². The fourth-order valence-corrected chi connectivity index (χ4v) is 2.52. The largest absolute Gasteiger partial charge is 0.399 e. The van der Waals surface area contributed by atoms with E-state index in [-0.39, 0.29) is 0 Å². The molecule has 2 rings (SSSR count).